The first-order chi connectivity index (χ1) is 8.71. The van der Waals surface area contributed by atoms with Gasteiger partial charge in [-0.2, -0.15) is 0 Å². The van der Waals surface area contributed by atoms with E-state index in [1.807, 2.05) is 37.3 Å². The first kappa shape index (κ1) is 12.7. The fourth-order valence-electron chi connectivity index (χ4n) is 2.06. The molecular formula is C13H18N4O. The minimum atomic E-state index is -1.08. The molecule has 0 bridgehead atoms. The molecular weight excluding hydrogens is 228 g/mol. The molecule has 0 saturated heterocycles. The van der Waals surface area contributed by atoms with Gasteiger partial charge in [-0.1, -0.05) is 36.8 Å². The van der Waals surface area contributed by atoms with E-state index in [1.165, 1.54) is 0 Å². The van der Waals surface area contributed by atoms with Crippen LogP contribution in [0, 0.1) is 0 Å². The van der Waals surface area contributed by atoms with Crippen molar-refractivity contribution < 1.29 is 5.11 Å². The second kappa shape index (κ2) is 5.29. The number of aromatic nitrogens is 3. The van der Waals surface area contributed by atoms with Crippen LogP contribution in [0.3, 0.4) is 0 Å². The molecule has 1 unspecified atom stereocenters. The van der Waals surface area contributed by atoms with Gasteiger partial charge >= 0.3 is 0 Å². The van der Waals surface area contributed by atoms with E-state index in [4.69, 9.17) is 5.73 Å². The van der Waals surface area contributed by atoms with Crippen LogP contribution in [0.15, 0.2) is 36.5 Å². The Morgan fingerprint density at radius 3 is 2.67 bits per heavy atom. The second-order valence-electron chi connectivity index (χ2n) is 4.35. The molecule has 0 aliphatic heterocycles. The molecule has 5 nitrogen and oxygen atoms in total. The van der Waals surface area contributed by atoms with E-state index in [-0.39, 0.29) is 6.54 Å². The topological polar surface area (TPSA) is 77.0 Å². The van der Waals surface area contributed by atoms with Crippen LogP contribution in [0.5, 0.6) is 0 Å². The molecule has 5 heteroatoms. The average Bonchev–Trinajstić information content (AvgIpc) is 2.90. The minimum absolute atomic E-state index is 0.154. The number of para-hydroxylation sites is 1. The molecule has 2 rings (SSSR count). The average molecular weight is 246 g/mol. The van der Waals surface area contributed by atoms with Crippen molar-refractivity contribution in [2.75, 3.05) is 6.54 Å². The van der Waals surface area contributed by atoms with Crippen LogP contribution >= 0.6 is 0 Å². The van der Waals surface area contributed by atoms with Crippen molar-refractivity contribution in [1.29, 1.82) is 0 Å². The summed E-state index contributed by atoms with van der Waals surface area (Å²) in [7, 11) is 0. The number of hydrogen-bond acceptors (Lipinski definition) is 4. The van der Waals surface area contributed by atoms with Crippen LogP contribution in [0.1, 0.15) is 25.5 Å². The molecule has 3 N–H and O–H groups in total. The van der Waals surface area contributed by atoms with Gasteiger partial charge in [-0.3, -0.25) is 0 Å². The largest absolute Gasteiger partial charge is 0.382 e. The lowest BCUT2D eigenvalue weighted by Crippen LogP contribution is -2.36. The van der Waals surface area contributed by atoms with Crippen LogP contribution in [-0.2, 0) is 5.60 Å². The molecule has 18 heavy (non-hydrogen) atoms. The summed E-state index contributed by atoms with van der Waals surface area (Å²) in [6.45, 7) is 2.17. The Kier molecular flexibility index (Phi) is 3.74. The fourth-order valence-corrected chi connectivity index (χ4v) is 2.06. The number of benzene rings is 1. The van der Waals surface area contributed by atoms with Crippen LogP contribution in [0.25, 0.3) is 5.69 Å². The number of aliphatic hydroxyl groups is 1. The molecule has 1 aromatic heterocycles. The van der Waals surface area contributed by atoms with E-state index in [2.05, 4.69) is 10.3 Å². The molecule has 0 spiro atoms. The Morgan fingerprint density at radius 1 is 1.33 bits per heavy atom. The molecule has 0 aliphatic carbocycles. The summed E-state index contributed by atoms with van der Waals surface area (Å²) in [4.78, 5) is 0. The molecule has 0 saturated carbocycles. The highest BCUT2D eigenvalue weighted by molar-refractivity contribution is 5.33. The van der Waals surface area contributed by atoms with Gasteiger partial charge in [-0.15, -0.1) is 5.10 Å². The predicted molar refractivity (Wildman–Crippen MR) is 69.2 cm³/mol. The smallest absolute Gasteiger partial charge is 0.120 e. The van der Waals surface area contributed by atoms with Crippen LogP contribution in [0.2, 0.25) is 0 Å². The van der Waals surface area contributed by atoms with E-state index < -0.39 is 5.60 Å². The van der Waals surface area contributed by atoms with Gasteiger partial charge in [0.2, 0.25) is 0 Å². The molecule has 2 aromatic rings. The standard InChI is InChI=1S/C13H18N4O/c1-2-8-13(18,10-14)12-9-15-16-17(12)11-6-4-3-5-7-11/h3-7,9,18H,2,8,10,14H2,1H3. The van der Waals surface area contributed by atoms with E-state index in [0.29, 0.717) is 12.1 Å². The van der Waals surface area contributed by atoms with Gasteiger partial charge in [0.05, 0.1) is 17.6 Å². The van der Waals surface area contributed by atoms with Gasteiger partial charge in [-0.05, 0) is 18.6 Å². The van der Waals surface area contributed by atoms with Crippen molar-refractivity contribution in [2.24, 2.45) is 5.73 Å². The molecule has 1 heterocycles. The van der Waals surface area contributed by atoms with Crippen molar-refractivity contribution in [3.63, 3.8) is 0 Å². The van der Waals surface area contributed by atoms with E-state index in [1.54, 1.807) is 10.9 Å². The monoisotopic (exact) mass is 246 g/mol. The molecule has 1 aromatic carbocycles. The van der Waals surface area contributed by atoms with Crippen molar-refractivity contribution >= 4 is 0 Å². The second-order valence-corrected chi connectivity index (χ2v) is 4.35. The summed E-state index contributed by atoms with van der Waals surface area (Å²) in [5.41, 5.74) is 6.14. The third-order valence-corrected chi connectivity index (χ3v) is 3.03. The van der Waals surface area contributed by atoms with Gasteiger partial charge in [0.15, 0.2) is 0 Å². The Morgan fingerprint density at radius 2 is 2.06 bits per heavy atom. The lowest BCUT2D eigenvalue weighted by Gasteiger charge is -2.26. The third kappa shape index (κ3) is 2.27. The summed E-state index contributed by atoms with van der Waals surface area (Å²) < 4.78 is 1.64. The summed E-state index contributed by atoms with van der Waals surface area (Å²) in [5.74, 6) is 0. The van der Waals surface area contributed by atoms with Gasteiger partial charge in [-0.25, -0.2) is 4.68 Å². The number of nitrogens with two attached hydrogens (primary N) is 1. The summed E-state index contributed by atoms with van der Waals surface area (Å²) in [5, 5.41) is 18.5. The Labute approximate surface area is 106 Å². The van der Waals surface area contributed by atoms with Crippen LogP contribution in [0.4, 0.5) is 0 Å². The van der Waals surface area contributed by atoms with Crippen molar-refractivity contribution in [1.82, 2.24) is 15.0 Å². The maximum atomic E-state index is 10.6. The number of rotatable bonds is 5. The highest BCUT2D eigenvalue weighted by Crippen LogP contribution is 2.26. The molecule has 0 radical (unpaired) electrons. The maximum absolute atomic E-state index is 10.6. The molecule has 0 amide bonds. The zero-order chi connectivity index (χ0) is 13.0. The lowest BCUT2D eigenvalue weighted by molar-refractivity contribution is 0.0292. The zero-order valence-electron chi connectivity index (χ0n) is 10.5. The Hall–Kier alpha value is -1.72. The fraction of sp³-hybridized carbons (Fsp3) is 0.385. The summed E-state index contributed by atoms with van der Waals surface area (Å²) in [6, 6.07) is 9.60. The minimum Gasteiger partial charge on any atom is -0.382 e. The molecule has 0 aliphatic rings. The Bertz CT molecular complexity index is 497. The quantitative estimate of drug-likeness (QED) is 0.831. The van der Waals surface area contributed by atoms with Crippen LogP contribution in [-0.4, -0.2) is 26.6 Å². The molecule has 0 fully saturated rings. The molecule has 1 atom stereocenters. The highest BCUT2D eigenvalue weighted by Gasteiger charge is 2.31. The van der Waals surface area contributed by atoms with E-state index in [0.717, 1.165) is 12.1 Å². The normalized spacial score (nSPS) is 14.4. The Balaban J connectivity index is 2.44. The van der Waals surface area contributed by atoms with E-state index in [9.17, 15) is 5.11 Å². The third-order valence-electron chi connectivity index (χ3n) is 3.03. The van der Waals surface area contributed by atoms with Gasteiger partial charge in [0.1, 0.15) is 5.60 Å². The van der Waals surface area contributed by atoms with Crippen molar-refractivity contribution in [3.05, 3.63) is 42.2 Å². The first-order valence-corrected chi connectivity index (χ1v) is 6.10. The summed E-state index contributed by atoms with van der Waals surface area (Å²) >= 11 is 0. The lowest BCUT2D eigenvalue weighted by atomic mass is 9.94. The summed E-state index contributed by atoms with van der Waals surface area (Å²) in [6.07, 6.45) is 3.01. The first-order valence-electron chi connectivity index (χ1n) is 6.10. The zero-order valence-corrected chi connectivity index (χ0v) is 10.5. The highest BCUT2D eigenvalue weighted by atomic mass is 16.3. The number of nitrogens with zero attached hydrogens (tertiary/aromatic N) is 3. The van der Waals surface area contributed by atoms with Gasteiger partial charge in [0.25, 0.3) is 0 Å². The van der Waals surface area contributed by atoms with Gasteiger partial charge in [0, 0.05) is 6.54 Å². The van der Waals surface area contributed by atoms with Crippen molar-refractivity contribution in [3.8, 4) is 5.69 Å². The SMILES string of the molecule is CCCC(O)(CN)c1cnnn1-c1ccccc1. The molecule has 96 valence electrons. The van der Waals surface area contributed by atoms with Crippen LogP contribution < -0.4 is 5.73 Å². The maximum Gasteiger partial charge on any atom is 0.120 e. The predicted octanol–water partition coefficient (Wildman–Crippen LogP) is 1.21. The number of hydrogen-bond donors (Lipinski definition) is 2. The van der Waals surface area contributed by atoms with E-state index >= 15 is 0 Å². The van der Waals surface area contributed by atoms with Crippen molar-refractivity contribution in [2.45, 2.75) is 25.4 Å². The van der Waals surface area contributed by atoms with Gasteiger partial charge < -0.3 is 10.8 Å².